The molecular formula is C75H155ClF6N6. The van der Waals surface area contributed by atoms with E-state index in [1.165, 1.54) is 58.2 Å². The maximum absolute atomic E-state index is 13.5. The van der Waals surface area contributed by atoms with Gasteiger partial charge < -0.3 is 0 Å². The molecule has 0 aliphatic carbocycles. The Kier molecular flexibility index (Phi) is 36.6. The van der Waals surface area contributed by atoms with Crippen LogP contribution in [0.4, 0.5) is 26.3 Å². The van der Waals surface area contributed by atoms with E-state index in [4.69, 9.17) is 11.6 Å². The minimum atomic E-state index is -2.52. The average molecular weight is 1290 g/mol. The first-order valence-corrected chi connectivity index (χ1v) is 34.7. The Labute approximate surface area is 552 Å². The van der Waals surface area contributed by atoms with E-state index < -0.39 is 12.1 Å². The van der Waals surface area contributed by atoms with Crippen LogP contribution in [0.5, 0.6) is 0 Å². The third kappa shape index (κ3) is 31.5. The van der Waals surface area contributed by atoms with Gasteiger partial charge in [0.25, 0.3) is 5.92 Å². The van der Waals surface area contributed by atoms with E-state index >= 15 is 0 Å². The molecule has 534 valence electrons. The van der Waals surface area contributed by atoms with Crippen molar-refractivity contribution in [2.24, 2.45) is 32.5 Å². The summed E-state index contributed by atoms with van der Waals surface area (Å²) in [4.78, 5) is 14.8. The summed E-state index contributed by atoms with van der Waals surface area (Å²) in [6.45, 7) is 86.7. The monoisotopic (exact) mass is 1290 g/mol. The van der Waals surface area contributed by atoms with Gasteiger partial charge in [0.15, 0.2) is 0 Å². The van der Waals surface area contributed by atoms with E-state index in [1.807, 2.05) is 46.4 Å². The Hall–Kier alpha value is -0.370. The first kappa shape index (κ1) is 91.8. The van der Waals surface area contributed by atoms with Crippen LogP contribution in [0.15, 0.2) is 0 Å². The molecule has 0 N–H and O–H groups in total. The number of hydrogen-bond acceptors (Lipinski definition) is 6. The molecular weight excluding hydrogens is 1130 g/mol. The number of rotatable bonds is 0. The zero-order valence-electron chi connectivity index (χ0n) is 66.1. The minimum Gasteiger partial charge on any atom is -0.295 e. The highest BCUT2D eigenvalue weighted by molar-refractivity contribution is 6.21. The van der Waals surface area contributed by atoms with Crippen LogP contribution < -0.4 is 0 Å². The van der Waals surface area contributed by atoms with Gasteiger partial charge in [-0.3, -0.25) is 42.6 Å². The van der Waals surface area contributed by atoms with E-state index in [9.17, 15) is 26.3 Å². The van der Waals surface area contributed by atoms with Gasteiger partial charge in [0.1, 0.15) is 6.17 Å². The van der Waals surface area contributed by atoms with Gasteiger partial charge in [-0.05, 0) is 228 Å². The van der Waals surface area contributed by atoms with Crippen molar-refractivity contribution in [2.75, 3.05) is 60.8 Å². The van der Waals surface area contributed by atoms with Gasteiger partial charge in [-0.15, -0.1) is 11.6 Å². The summed E-state index contributed by atoms with van der Waals surface area (Å²) in [5.41, 5.74) is 2.88. The Morgan fingerprint density at radius 1 is 0.307 bits per heavy atom. The van der Waals surface area contributed by atoms with E-state index in [0.29, 0.717) is 90.2 Å². The second kappa shape index (κ2) is 35.0. The van der Waals surface area contributed by atoms with Crippen LogP contribution in [0, 0.1) is 32.5 Å². The lowest BCUT2D eigenvalue weighted by molar-refractivity contribution is 0.000557. The van der Waals surface area contributed by atoms with Gasteiger partial charge in [0.05, 0.1) is 28.1 Å². The summed E-state index contributed by atoms with van der Waals surface area (Å²) in [5.74, 6) is -2.52. The first-order chi connectivity index (χ1) is 38.9. The van der Waals surface area contributed by atoms with E-state index in [1.54, 1.807) is 0 Å². The second-order valence-corrected chi connectivity index (χ2v) is 39.6. The van der Waals surface area contributed by atoms with Gasteiger partial charge in [0, 0.05) is 94.4 Å². The molecule has 6 nitrogen and oxygen atoms in total. The van der Waals surface area contributed by atoms with Crippen molar-refractivity contribution in [3.63, 3.8) is 0 Å². The molecule has 6 saturated heterocycles. The molecule has 6 rings (SSSR count). The number of alkyl halides is 7. The van der Waals surface area contributed by atoms with Crippen LogP contribution in [0.25, 0.3) is 0 Å². The summed E-state index contributed by atoms with van der Waals surface area (Å²) < 4.78 is 68.9. The van der Waals surface area contributed by atoms with Crippen molar-refractivity contribution in [1.29, 1.82) is 0 Å². The summed E-state index contributed by atoms with van der Waals surface area (Å²) in [5, 5.41) is 0.332. The molecule has 0 aromatic carbocycles. The average Bonchev–Trinajstić information content (AvgIpc) is 4.16. The molecule has 0 spiro atoms. The van der Waals surface area contributed by atoms with Crippen molar-refractivity contribution in [1.82, 2.24) is 29.4 Å². The van der Waals surface area contributed by atoms with Crippen LogP contribution in [0.2, 0.25) is 0 Å². The standard InChI is InChI=1S/C12H24ClN.C12H23F2N.C12H24FN.3C12H25N.3CH3F/c1-11(2,3)10-7-9(13)8-14(10)12(4,5)6;1-10(2,3)9-7-12(13,14)8-15(9)11(4,5)6;1-11(2,3)10-7-9(13)8-14(10)12(4,5)6;3*1-11(2,3)10-8-7-9-13(10)12(4,5)6;3*1-2/h9-10H,7-8H2,1-6H3;9H,7-8H2,1-6H3;9-10H,7-8H2,1-6H3;3*10H,7-9H2,1-6H3;3*1H3. The molecule has 6 heterocycles. The first-order valence-electron chi connectivity index (χ1n) is 34.3. The zero-order valence-corrected chi connectivity index (χ0v) is 66.8. The van der Waals surface area contributed by atoms with E-state index in [-0.39, 0.29) is 46.5 Å². The van der Waals surface area contributed by atoms with Crippen LogP contribution in [0.1, 0.15) is 307 Å². The number of likely N-dealkylation sites (tertiary alicyclic amines) is 6. The number of nitrogens with zero attached hydrogens (tertiary/aromatic N) is 6. The van der Waals surface area contributed by atoms with Gasteiger partial charge in [0.2, 0.25) is 0 Å². The molecule has 0 aromatic rings. The van der Waals surface area contributed by atoms with Crippen LogP contribution in [0.3, 0.4) is 0 Å². The Balaban J connectivity index is -0.000000968. The van der Waals surface area contributed by atoms with Gasteiger partial charge in [-0.2, -0.15) is 0 Å². The molecule has 13 heteroatoms. The fraction of sp³-hybridized carbons (Fsp3) is 1.00. The fourth-order valence-electron chi connectivity index (χ4n) is 14.4. The Morgan fingerprint density at radius 2 is 0.534 bits per heavy atom. The molecule has 0 saturated carbocycles. The highest BCUT2D eigenvalue weighted by Gasteiger charge is 2.52. The molecule has 88 heavy (non-hydrogen) atoms. The highest BCUT2D eigenvalue weighted by Crippen LogP contribution is 2.45. The van der Waals surface area contributed by atoms with Crippen LogP contribution in [-0.4, -0.2) is 177 Å². The topological polar surface area (TPSA) is 19.4 Å². The van der Waals surface area contributed by atoms with Gasteiger partial charge in [-0.25, -0.2) is 13.2 Å². The molecule has 6 aliphatic rings. The number of hydrogen-bond donors (Lipinski definition) is 0. The lowest BCUT2D eigenvalue weighted by atomic mass is 9.83. The van der Waals surface area contributed by atoms with Gasteiger partial charge in [-0.1, -0.05) is 125 Å². The molecule has 8 unspecified atom stereocenters. The van der Waals surface area contributed by atoms with Crippen LogP contribution in [-0.2, 0) is 0 Å². The molecule has 0 bridgehead atoms. The molecule has 0 radical (unpaired) electrons. The molecule has 0 aromatic heterocycles. The normalized spacial score (nSPS) is 26.8. The van der Waals surface area contributed by atoms with E-state index in [0.717, 1.165) is 31.1 Å². The number of halogens is 7. The van der Waals surface area contributed by atoms with Crippen molar-refractivity contribution in [3.8, 4) is 0 Å². The van der Waals surface area contributed by atoms with Gasteiger partial charge >= 0.3 is 0 Å². The third-order valence-corrected chi connectivity index (χ3v) is 19.0. The maximum atomic E-state index is 13.5. The molecule has 8 atom stereocenters. The zero-order chi connectivity index (χ0) is 71.2. The van der Waals surface area contributed by atoms with Crippen molar-refractivity contribution in [2.45, 2.75) is 394 Å². The second-order valence-electron chi connectivity index (χ2n) is 39.0. The largest absolute Gasteiger partial charge is 0.295 e. The quantitative estimate of drug-likeness (QED) is 0.177. The lowest BCUT2D eigenvalue weighted by Gasteiger charge is -2.43. The summed E-state index contributed by atoms with van der Waals surface area (Å²) in [7, 11) is 1.50. The van der Waals surface area contributed by atoms with Crippen LogP contribution >= 0.6 is 11.6 Å². The fourth-order valence-corrected chi connectivity index (χ4v) is 14.7. The third-order valence-electron chi connectivity index (χ3n) is 18.7. The smallest absolute Gasteiger partial charge is 0.262 e. The van der Waals surface area contributed by atoms with Crippen molar-refractivity contribution < 1.29 is 26.3 Å². The van der Waals surface area contributed by atoms with E-state index in [2.05, 4.69) is 232 Å². The minimum absolute atomic E-state index is 0.00618. The predicted molar refractivity (Wildman–Crippen MR) is 380 cm³/mol. The SMILES string of the molecule is CC(C)(C)C1CC(Cl)CN1C(C)(C)C.CC(C)(C)C1CC(F)(F)CN1C(C)(C)C.CC(C)(C)C1CC(F)CN1C(C)(C)C.CC(C)(C)C1CCCN1C(C)(C)C.CC(C)(C)C1CCCN1C(C)(C)C.CC(C)(C)C1CCCN1C(C)(C)C.CF.CF.CF. The molecule has 0 amide bonds. The van der Waals surface area contributed by atoms with Crippen molar-refractivity contribution >= 4 is 11.6 Å². The summed E-state index contributed by atoms with van der Waals surface area (Å²) >= 11 is 6.27. The molecule has 6 fully saturated rings. The summed E-state index contributed by atoms with van der Waals surface area (Å²) in [6, 6.07) is 3.27. The Bertz CT molecular complexity index is 1590. The van der Waals surface area contributed by atoms with Crippen molar-refractivity contribution in [3.05, 3.63) is 0 Å². The molecule has 6 aliphatic heterocycles. The predicted octanol–water partition coefficient (Wildman–Crippen LogP) is 21.9. The highest BCUT2D eigenvalue weighted by atomic mass is 35.5. The maximum Gasteiger partial charge on any atom is 0.262 e. The summed E-state index contributed by atoms with van der Waals surface area (Å²) in [6.07, 6.45) is 9.43. The Morgan fingerprint density at radius 3 is 0.716 bits per heavy atom. The lowest BCUT2D eigenvalue weighted by Crippen LogP contribution is -2.49.